The molecule has 4 heteroatoms. The number of hydrogen-bond acceptors (Lipinski definition) is 4. The summed E-state index contributed by atoms with van der Waals surface area (Å²) in [5.74, 6) is 2.27. The number of benzene rings is 2. The van der Waals surface area contributed by atoms with E-state index in [9.17, 15) is 4.79 Å². The van der Waals surface area contributed by atoms with Gasteiger partial charge in [-0.05, 0) is 56.4 Å². The Labute approximate surface area is 173 Å². The Bertz CT molecular complexity index is 873. The van der Waals surface area contributed by atoms with E-state index in [1.807, 2.05) is 32.9 Å². The average molecular weight is 394 g/mol. The summed E-state index contributed by atoms with van der Waals surface area (Å²) in [6.07, 6.45) is 2.19. The van der Waals surface area contributed by atoms with Crippen LogP contribution in [0.25, 0.3) is 0 Å². The van der Waals surface area contributed by atoms with Gasteiger partial charge >= 0.3 is 0 Å². The van der Waals surface area contributed by atoms with Crippen molar-refractivity contribution >= 4 is 6.29 Å². The molecule has 0 amide bonds. The summed E-state index contributed by atoms with van der Waals surface area (Å²) in [5.41, 5.74) is 2.03. The van der Waals surface area contributed by atoms with Gasteiger partial charge in [-0.15, -0.1) is 0 Å². The van der Waals surface area contributed by atoms with E-state index in [2.05, 4.69) is 41.3 Å². The molecule has 1 aliphatic carbocycles. The SMILES string of the molecule is COc1ccc(C2CN(Cc3ccccc3)C[C@]3(C=O)CC23)cc1OC(C)(C)C. The summed E-state index contributed by atoms with van der Waals surface area (Å²) in [6.45, 7) is 8.81. The number of hydrogen-bond donors (Lipinski definition) is 0. The second-order valence-electron chi connectivity index (χ2n) is 9.55. The van der Waals surface area contributed by atoms with Gasteiger partial charge in [0, 0.05) is 31.0 Å². The van der Waals surface area contributed by atoms with E-state index < -0.39 is 0 Å². The molecule has 1 aliphatic heterocycles. The fraction of sp³-hybridized carbons (Fsp3) is 0.480. The van der Waals surface area contributed by atoms with Crippen molar-refractivity contribution in [2.75, 3.05) is 20.2 Å². The third-order valence-corrected chi connectivity index (χ3v) is 6.15. The fourth-order valence-corrected chi connectivity index (χ4v) is 4.77. The Kier molecular flexibility index (Phi) is 5.16. The quantitative estimate of drug-likeness (QED) is 0.668. The minimum absolute atomic E-state index is 0.192. The number of nitrogens with zero attached hydrogens (tertiary/aromatic N) is 1. The van der Waals surface area contributed by atoms with Crippen LogP contribution >= 0.6 is 0 Å². The van der Waals surface area contributed by atoms with Crippen LogP contribution in [0.2, 0.25) is 0 Å². The van der Waals surface area contributed by atoms with Crippen LogP contribution < -0.4 is 9.47 Å². The molecule has 0 bridgehead atoms. The third kappa shape index (κ3) is 4.18. The first kappa shape index (κ1) is 20.0. The second-order valence-corrected chi connectivity index (χ2v) is 9.55. The van der Waals surface area contributed by atoms with Crippen LogP contribution in [0.5, 0.6) is 11.5 Å². The third-order valence-electron chi connectivity index (χ3n) is 6.15. The van der Waals surface area contributed by atoms with Crippen molar-refractivity contribution in [2.24, 2.45) is 11.3 Å². The summed E-state index contributed by atoms with van der Waals surface area (Å²) in [4.78, 5) is 14.4. The van der Waals surface area contributed by atoms with Crippen molar-refractivity contribution in [3.05, 3.63) is 59.7 Å². The molecule has 0 radical (unpaired) electrons. The Balaban J connectivity index is 1.61. The lowest BCUT2D eigenvalue weighted by Crippen LogP contribution is -2.41. The number of carbonyl (C=O) groups excluding carboxylic acids is 1. The number of piperidine rings is 1. The van der Waals surface area contributed by atoms with Crippen LogP contribution in [0.4, 0.5) is 0 Å². The summed E-state index contributed by atoms with van der Waals surface area (Å²) in [5, 5.41) is 0. The predicted octanol–water partition coefficient (Wildman–Crippen LogP) is 4.68. The smallest absolute Gasteiger partial charge is 0.162 e. The van der Waals surface area contributed by atoms with Crippen molar-refractivity contribution in [1.82, 2.24) is 4.90 Å². The average Bonchev–Trinajstić information content (AvgIpc) is 3.42. The Morgan fingerprint density at radius 2 is 1.90 bits per heavy atom. The lowest BCUT2D eigenvalue weighted by molar-refractivity contribution is -0.114. The lowest BCUT2D eigenvalue weighted by atomic mass is 9.84. The molecule has 0 spiro atoms. The van der Waals surface area contributed by atoms with E-state index in [-0.39, 0.29) is 11.0 Å². The lowest BCUT2D eigenvalue weighted by Gasteiger charge is -2.36. The van der Waals surface area contributed by atoms with Crippen molar-refractivity contribution in [1.29, 1.82) is 0 Å². The van der Waals surface area contributed by atoms with Crippen molar-refractivity contribution in [3.63, 3.8) is 0 Å². The van der Waals surface area contributed by atoms with Gasteiger partial charge in [0.2, 0.25) is 0 Å². The van der Waals surface area contributed by atoms with E-state index in [1.165, 1.54) is 17.4 Å². The first-order chi connectivity index (χ1) is 13.8. The summed E-state index contributed by atoms with van der Waals surface area (Å²) in [7, 11) is 1.67. The number of fused-ring (bicyclic) bond motifs is 1. The number of ether oxygens (including phenoxy) is 2. The predicted molar refractivity (Wildman–Crippen MR) is 114 cm³/mol. The highest BCUT2D eigenvalue weighted by Crippen LogP contribution is 2.61. The van der Waals surface area contributed by atoms with Gasteiger partial charge in [-0.3, -0.25) is 4.90 Å². The molecule has 2 fully saturated rings. The normalized spacial score (nSPS) is 26.5. The molecule has 2 unspecified atom stereocenters. The van der Waals surface area contributed by atoms with Crippen LogP contribution in [-0.2, 0) is 11.3 Å². The molecule has 0 aromatic heterocycles. The molecular formula is C25H31NO3. The van der Waals surface area contributed by atoms with Crippen LogP contribution in [0.3, 0.4) is 0 Å². The van der Waals surface area contributed by atoms with E-state index >= 15 is 0 Å². The molecule has 4 rings (SSSR count). The monoisotopic (exact) mass is 393 g/mol. The molecule has 1 saturated heterocycles. The van der Waals surface area contributed by atoms with Crippen molar-refractivity contribution < 1.29 is 14.3 Å². The number of rotatable bonds is 6. The largest absolute Gasteiger partial charge is 0.493 e. The van der Waals surface area contributed by atoms with E-state index in [1.54, 1.807) is 7.11 Å². The van der Waals surface area contributed by atoms with E-state index in [4.69, 9.17) is 9.47 Å². The van der Waals surface area contributed by atoms with Gasteiger partial charge in [0.05, 0.1) is 7.11 Å². The Morgan fingerprint density at radius 3 is 2.55 bits per heavy atom. The molecule has 2 aromatic rings. The summed E-state index contributed by atoms with van der Waals surface area (Å²) < 4.78 is 11.7. The molecule has 2 aromatic carbocycles. The van der Waals surface area contributed by atoms with E-state index in [0.29, 0.717) is 11.8 Å². The molecule has 3 atom stereocenters. The highest BCUT2D eigenvalue weighted by Gasteiger charge is 2.61. The summed E-state index contributed by atoms with van der Waals surface area (Å²) in [6, 6.07) is 16.8. The number of aldehydes is 1. The summed E-state index contributed by atoms with van der Waals surface area (Å²) >= 11 is 0. The molecule has 2 aliphatic rings. The number of carbonyl (C=O) groups is 1. The van der Waals surface area contributed by atoms with Gasteiger partial charge in [-0.1, -0.05) is 36.4 Å². The van der Waals surface area contributed by atoms with Gasteiger partial charge in [0.1, 0.15) is 11.9 Å². The molecule has 0 N–H and O–H groups in total. The zero-order valence-corrected chi connectivity index (χ0v) is 17.9. The van der Waals surface area contributed by atoms with Gasteiger partial charge in [-0.2, -0.15) is 0 Å². The van der Waals surface area contributed by atoms with Crippen molar-refractivity contribution in [3.8, 4) is 11.5 Å². The zero-order chi connectivity index (χ0) is 20.6. The zero-order valence-electron chi connectivity index (χ0n) is 17.9. The van der Waals surface area contributed by atoms with Crippen molar-refractivity contribution in [2.45, 2.75) is 45.3 Å². The maximum absolute atomic E-state index is 12.0. The first-order valence-corrected chi connectivity index (χ1v) is 10.4. The van der Waals surface area contributed by atoms with Gasteiger partial charge in [0.25, 0.3) is 0 Å². The van der Waals surface area contributed by atoms with Crippen LogP contribution in [0.1, 0.15) is 44.2 Å². The molecular weight excluding hydrogens is 362 g/mol. The van der Waals surface area contributed by atoms with Crippen LogP contribution in [-0.4, -0.2) is 37.0 Å². The molecule has 1 heterocycles. The minimum Gasteiger partial charge on any atom is -0.493 e. The maximum Gasteiger partial charge on any atom is 0.162 e. The Morgan fingerprint density at radius 1 is 1.14 bits per heavy atom. The molecule has 154 valence electrons. The molecule has 4 nitrogen and oxygen atoms in total. The number of methoxy groups -OCH3 is 1. The molecule has 29 heavy (non-hydrogen) atoms. The van der Waals surface area contributed by atoms with E-state index in [0.717, 1.165) is 37.6 Å². The molecule has 1 saturated carbocycles. The van der Waals surface area contributed by atoms with Gasteiger partial charge in [-0.25, -0.2) is 0 Å². The number of likely N-dealkylation sites (tertiary alicyclic amines) is 1. The highest BCUT2D eigenvalue weighted by molar-refractivity contribution is 5.66. The minimum atomic E-state index is -0.302. The van der Waals surface area contributed by atoms with Crippen LogP contribution in [0, 0.1) is 11.3 Å². The fourth-order valence-electron chi connectivity index (χ4n) is 4.77. The highest BCUT2D eigenvalue weighted by atomic mass is 16.5. The first-order valence-electron chi connectivity index (χ1n) is 10.4. The Hall–Kier alpha value is -2.33. The van der Waals surface area contributed by atoms with Crippen LogP contribution in [0.15, 0.2) is 48.5 Å². The topological polar surface area (TPSA) is 38.8 Å². The second kappa shape index (κ2) is 7.49. The maximum atomic E-state index is 12.0. The standard InChI is InChI=1S/C25H31NO3/c1-24(2,3)29-23-12-19(10-11-22(23)28-4)20-15-26(14-18-8-6-5-7-9-18)16-25(17-27)13-21(20)25/h5-12,17,20-21H,13-16H2,1-4H3/t20?,21?,25-/m0/s1. The van der Waals surface area contributed by atoms with Gasteiger partial charge < -0.3 is 14.3 Å². The van der Waals surface area contributed by atoms with Gasteiger partial charge in [0.15, 0.2) is 11.5 Å².